The molecule has 1 fully saturated rings. The number of halogens is 1. The topological polar surface area (TPSA) is 96.2 Å². The number of phenolic OH excluding ortho intramolecular Hbond substituents is 1. The second kappa shape index (κ2) is 11.4. The molecular formula is C28H33FN4O3. The Morgan fingerprint density at radius 2 is 1.83 bits per heavy atom. The molecule has 1 aromatic heterocycles. The number of benzene rings is 2. The Bertz CT molecular complexity index is 1230. The fourth-order valence-electron chi connectivity index (χ4n) is 4.81. The summed E-state index contributed by atoms with van der Waals surface area (Å²) in [6, 6.07) is 12.5. The van der Waals surface area contributed by atoms with Gasteiger partial charge in [-0.1, -0.05) is 44.9 Å². The van der Waals surface area contributed by atoms with Crippen molar-refractivity contribution in [3.63, 3.8) is 0 Å². The minimum Gasteiger partial charge on any atom is -0.507 e. The van der Waals surface area contributed by atoms with Crippen LogP contribution in [0.3, 0.4) is 0 Å². The Morgan fingerprint density at radius 1 is 1.11 bits per heavy atom. The van der Waals surface area contributed by atoms with Gasteiger partial charge in [0.15, 0.2) is 0 Å². The van der Waals surface area contributed by atoms with Crippen LogP contribution in [-0.2, 0) is 11.3 Å². The molecule has 2 aromatic carbocycles. The van der Waals surface area contributed by atoms with Gasteiger partial charge in [0.2, 0.25) is 5.91 Å². The van der Waals surface area contributed by atoms with Crippen molar-refractivity contribution in [2.45, 2.75) is 64.8 Å². The number of amides is 2. The van der Waals surface area contributed by atoms with Crippen molar-refractivity contribution < 1.29 is 19.1 Å². The SMILES string of the molecule is CCC(CC)C(=O)Nc1ccc(O)c(-c2cc(C3CCCC3)n(C(=O)NCc3ccccc3F)n2)c1. The van der Waals surface area contributed by atoms with E-state index in [0.717, 1.165) is 44.2 Å². The van der Waals surface area contributed by atoms with Crippen molar-refractivity contribution in [3.05, 3.63) is 65.6 Å². The zero-order valence-electron chi connectivity index (χ0n) is 20.8. The van der Waals surface area contributed by atoms with Gasteiger partial charge < -0.3 is 15.7 Å². The van der Waals surface area contributed by atoms with Gasteiger partial charge in [0, 0.05) is 35.2 Å². The summed E-state index contributed by atoms with van der Waals surface area (Å²) in [4.78, 5) is 25.7. The van der Waals surface area contributed by atoms with Gasteiger partial charge in [-0.3, -0.25) is 4.79 Å². The Balaban J connectivity index is 1.62. The lowest BCUT2D eigenvalue weighted by Gasteiger charge is -2.13. The summed E-state index contributed by atoms with van der Waals surface area (Å²) in [6.07, 6.45) is 5.52. The highest BCUT2D eigenvalue weighted by Gasteiger charge is 2.26. The van der Waals surface area contributed by atoms with Gasteiger partial charge in [-0.05, 0) is 56.0 Å². The molecule has 1 aliphatic carbocycles. The minimum atomic E-state index is -0.455. The van der Waals surface area contributed by atoms with Crippen molar-refractivity contribution in [3.8, 4) is 17.0 Å². The average molecular weight is 493 g/mol. The molecule has 0 saturated heterocycles. The molecule has 0 aliphatic heterocycles. The molecule has 190 valence electrons. The highest BCUT2D eigenvalue weighted by Crippen LogP contribution is 2.38. The quantitative estimate of drug-likeness (QED) is 0.327. The van der Waals surface area contributed by atoms with Gasteiger partial charge in [0.05, 0.1) is 11.4 Å². The van der Waals surface area contributed by atoms with Crippen LogP contribution in [0.1, 0.15) is 69.5 Å². The molecule has 7 nitrogen and oxygen atoms in total. The number of carbonyl (C=O) groups is 2. The molecule has 1 saturated carbocycles. The van der Waals surface area contributed by atoms with Gasteiger partial charge in [-0.25, -0.2) is 9.18 Å². The maximum Gasteiger partial charge on any atom is 0.342 e. The first-order valence-corrected chi connectivity index (χ1v) is 12.7. The van der Waals surface area contributed by atoms with Gasteiger partial charge in [-0.15, -0.1) is 0 Å². The molecular weight excluding hydrogens is 459 g/mol. The molecule has 0 bridgehead atoms. The number of aromatic nitrogens is 2. The molecule has 2 amide bonds. The van der Waals surface area contributed by atoms with Crippen LogP contribution in [0, 0.1) is 11.7 Å². The smallest absolute Gasteiger partial charge is 0.342 e. The average Bonchev–Trinajstić information content (AvgIpc) is 3.55. The van der Waals surface area contributed by atoms with Gasteiger partial charge >= 0.3 is 6.03 Å². The predicted molar refractivity (Wildman–Crippen MR) is 137 cm³/mol. The van der Waals surface area contributed by atoms with Gasteiger partial charge in [-0.2, -0.15) is 9.78 Å². The number of hydrogen-bond donors (Lipinski definition) is 3. The number of aromatic hydroxyl groups is 1. The van der Waals surface area contributed by atoms with E-state index >= 15 is 0 Å². The first kappa shape index (κ1) is 25.4. The van der Waals surface area contributed by atoms with Crippen LogP contribution >= 0.6 is 0 Å². The fourth-order valence-corrected chi connectivity index (χ4v) is 4.81. The number of carbonyl (C=O) groups excluding carboxylic acids is 2. The standard InChI is InChI=1S/C28H33FN4O3/c1-3-18(4-2)27(35)31-21-13-14-26(34)22(15-21)24-16-25(19-9-5-6-10-19)33(32-24)28(36)30-17-20-11-7-8-12-23(20)29/h7-8,11-16,18-19,34H,3-6,9-10,17H2,1-2H3,(H,30,36)(H,31,35). The van der Waals surface area contributed by atoms with E-state index in [0.29, 0.717) is 22.5 Å². The number of nitrogens with zero attached hydrogens (tertiary/aromatic N) is 2. The number of anilines is 1. The van der Waals surface area contributed by atoms with E-state index in [2.05, 4.69) is 15.7 Å². The molecule has 0 radical (unpaired) electrons. The summed E-state index contributed by atoms with van der Waals surface area (Å²) < 4.78 is 15.4. The molecule has 4 rings (SSSR count). The second-order valence-electron chi connectivity index (χ2n) is 9.33. The summed E-state index contributed by atoms with van der Waals surface area (Å²) in [5, 5.41) is 20.8. The molecule has 36 heavy (non-hydrogen) atoms. The van der Waals surface area contributed by atoms with Gasteiger partial charge in [0.1, 0.15) is 11.6 Å². The number of nitrogens with one attached hydrogen (secondary N) is 2. The fraction of sp³-hybridized carbons (Fsp3) is 0.393. The highest BCUT2D eigenvalue weighted by atomic mass is 19.1. The van der Waals surface area contributed by atoms with E-state index in [1.165, 1.54) is 16.8 Å². The monoisotopic (exact) mass is 492 g/mol. The maximum absolute atomic E-state index is 14.0. The summed E-state index contributed by atoms with van der Waals surface area (Å²) in [5.74, 6) is -0.364. The van der Waals surface area contributed by atoms with E-state index in [4.69, 9.17) is 0 Å². The third kappa shape index (κ3) is 5.58. The van der Waals surface area contributed by atoms with Crippen LogP contribution in [0.25, 0.3) is 11.3 Å². The summed E-state index contributed by atoms with van der Waals surface area (Å²) in [5.41, 5.74) is 2.57. The Hall–Kier alpha value is -3.68. The molecule has 3 N–H and O–H groups in total. The minimum absolute atomic E-state index is 0.00455. The number of rotatable bonds is 8. The molecule has 0 atom stereocenters. The van der Waals surface area contributed by atoms with Crippen molar-refractivity contribution in [2.24, 2.45) is 5.92 Å². The Morgan fingerprint density at radius 3 is 2.53 bits per heavy atom. The molecule has 8 heteroatoms. The van der Waals surface area contributed by atoms with Crippen LogP contribution < -0.4 is 10.6 Å². The van der Waals surface area contributed by atoms with E-state index in [-0.39, 0.29) is 35.9 Å². The Kier molecular flexibility index (Phi) is 8.03. The lowest BCUT2D eigenvalue weighted by Crippen LogP contribution is -2.31. The zero-order valence-corrected chi connectivity index (χ0v) is 20.8. The summed E-state index contributed by atoms with van der Waals surface area (Å²) in [7, 11) is 0. The lowest BCUT2D eigenvalue weighted by molar-refractivity contribution is -0.120. The van der Waals surface area contributed by atoms with E-state index < -0.39 is 6.03 Å². The molecule has 1 aliphatic rings. The van der Waals surface area contributed by atoms with E-state index in [9.17, 15) is 19.1 Å². The van der Waals surface area contributed by atoms with Crippen LogP contribution in [-0.4, -0.2) is 26.8 Å². The van der Waals surface area contributed by atoms with Crippen LogP contribution in [0.5, 0.6) is 5.75 Å². The largest absolute Gasteiger partial charge is 0.507 e. The lowest BCUT2D eigenvalue weighted by atomic mass is 10.0. The molecule has 3 aromatic rings. The zero-order chi connectivity index (χ0) is 25.7. The van der Waals surface area contributed by atoms with E-state index in [1.54, 1.807) is 30.3 Å². The van der Waals surface area contributed by atoms with E-state index in [1.807, 2.05) is 19.9 Å². The third-order valence-corrected chi connectivity index (χ3v) is 6.99. The van der Waals surface area contributed by atoms with Crippen molar-refractivity contribution >= 4 is 17.6 Å². The number of phenols is 1. The second-order valence-corrected chi connectivity index (χ2v) is 9.33. The summed E-state index contributed by atoms with van der Waals surface area (Å²) >= 11 is 0. The first-order chi connectivity index (χ1) is 17.4. The number of hydrogen-bond acceptors (Lipinski definition) is 4. The van der Waals surface area contributed by atoms with Crippen molar-refractivity contribution in [2.75, 3.05) is 5.32 Å². The normalized spacial score (nSPS) is 13.8. The predicted octanol–water partition coefficient (Wildman–Crippen LogP) is 6.19. The van der Waals surface area contributed by atoms with Crippen LogP contribution in [0.4, 0.5) is 14.9 Å². The van der Waals surface area contributed by atoms with Crippen LogP contribution in [0.2, 0.25) is 0 Å². The maximum atomic E-state index is 14.0. The molecule has 0 unspecified atom stereocenters. The Labute approximate surface area is 210 Å². The molecule has 0 spiro atoms. The molecule has 1 heterocycles. The first-order valence-electron chi connectivity index (χ1n) is 12.7. The third-order valence-electron chi connectivity index (χ3n) is 6.99. The van der Waals surface area contributed by atoms with Gasteiger partial charge in [0.25, 0.3) is 0 Å². The highest BCUT2D eigenvalue weighted by molar-refractivity contribution is 5.93. The summed E-state index contributed by atoms with van der Waals surface area (Å²) in [6.45, 7) is 3.99. The van der Waals surface area contributed by atoms with Crippen molar-refractivity contribution in [1.82, 2.24) is 15.1 Å². The van der Waals surface area contributed by atoms with Crippen molar-refractivity contribution in [1.29, 1.82) is 0 Å². The van der Waals surface area contributed by atoms with Crippen LogP contribution in [0.15, 0.2) is 48.5 Å².